The van der Waals surface area contributed by atoms with Gasteiger partial charge in [-0.25, -0.2) is 4.79 Å². The number of amides is 2. The van der Waals surface area contributed by atoms with Gasteiger partial charge in [-0.1, -0.05) is 19.3 Å². The molecule has 1 rings (SSSR count). The molecule has 1 aromatic carbocycles. The van der Waals surface area contributed by atoms with Crippen LogP contribution < -0.4 is 10.6 Å². The maximum atomic E-state index is 11.7. The summed E-state index contributed by atoms with van der Waals surface area (Å²) in [7, 11) is 1.40. The Morgan fingerprint density at radius 1 is 1.09 bits per heavy atom. The summed E-state index contributed by atoms with van der Waals surface area (Å²) in [5, 5.41) is 14.2. The number of carbonyl (C=O) groups is 2. The lowest BCUT2D eigenvalue weighted by molar-refractivity contribution is -0.140. The van der Waals surface area contributed by atoms with Crippen molar-refractivity contribution in [2.24, 2.45) is 0 Å². The van der Waals surface area contributed by atoms with Crippen LogP contribution in [0.5, 0.6) is 0 Å². The van der Waals surface area contributed by atoms with Crippen molar-refractivity contribution in [3.8, 4) is 6.07 Å². The van der Waals surface area contributed by atoms with E-state index < -0.39 is 0 Å². The molecule has 2 N–H and O–H groups in total. The number of carbonyl (C=O) groups excluding carboxylic acids is 2. The number of hydrogen-bond acceptors (Lipinski definition) is 4. The second kappa shape index (κ2) is 11.1. The van der Waals surface area contributed by atoms with E-state index in [1.807, 2.05) is 6.07 Å². The van der Waals surface area contributed by atoms with Crippen molar-refractivity contribution in [3.63, 3.8) is 0 Å². The number of unbranched alkanes of at least 4 members (excludes halogenated alkanes) is 4. The topological polar surface area (TPSA) is 91.2 Å². The number of rotatable bonds is 9. The summed E-state index contributed by atoms with van der Waals surface area (Å²) in [4.78, 5) is 22.6. The fourth-order valence-electron chi connectivity index (χ4n) is 2.03. The van der Waals surface area contributed by atoms with Crippen LogP contribution in [0.15, 0.2) is 24.3 Å². The Hall–Kier alpha value is -2.55. The molecule has 0 radical (unpaired) electrons. The molecule has 124 valence electrons. The molecule has 0 bridgehead atoms. The summed E-state index contributed by atoms with van der Waals surface area (Å²) in [6.45, 7) is 0.610. The average Bonchev–Trinajstić information content (AvgIpc) is 2.57. The summed E-state index contributed by atoms with van der Waals surface area (Å²) in [5.74, 6) is -0.161. The van der Waals surface area contributed by atoms with Crippen molar-refractivity contribution in [1.82, 2.24) is 5.32 Å². The first kappa shape index (κ1) is 18.5. The summed E-state index contributed by atoms with van der Waals surface area (Å²) in [5.41, 5.74) is 1.22. The van der Waals surface area contributed by atoms with Gasteiger partial charge in [0.15, 0.2) is 0 Å². The molecule has 0 aromatic heterocycles. The number of esters is 1. The van der Waals surface area contributed by atoms with Crippen molar-refractivity contribution in [1.29, 1.82) is 5.26 Å². The van der Waals surface area contributed by atoms with Gasteiger partial charge in [0.1, 0.15) is 0 Å². The van der Waals surface area contributed by atoms with Gasteiger partial charge in [-0.2, -0.15) is 5.26 Å². The van der Waals surface area contributed by atoms with E-state index in [4.69, 9.17) is 5.26 Å². The standard InChI is InChI=1S/C17H23N3O3/c1-23-16(21)7-5-3-2-4-6-12-19-17(22)20-15-10-8-14(13-18)9-11-15/h8-11H,2-7,12H2,1H3,(H2,19,20,22). The molecule has 0 aliphatic rings. The van der Waals surface area contributed by atoms with E-state index in [0.29, 0.717) is 24.2 Å². The van der Waals surface area contributed by atoms with Crippen LogP contribution in [-0.2, 0) is 9.53 Å². The molecule has 2 amide bonds. The molecule has 23 heavy (non-hydrogen) atoms. The van der Waals surface area contributed by atoms with E-state index in [9.17, 15) is 9.59 Å². The Bertz CT molecular complexity index is 535. The number of benzene rings is 1. The first-order valence-corrected chi connectivity index (χ1v) is 7.77. The molecule has 0 spiro atoms. The largest absolute Gasteiger partial charge is 0.469 e. The maximum absolute atomic E-state index is 11.7. The molecular formula is C17H23N3O3. The first-order chi connectivity index (χ1) is 11.2. The van der Waals surface area contributed by atoms with Gasteiger partial charge in [-0.3, -0.25) is 4.79 Å². The van der Waals surface area contributed by atoms with E-state index >= 15 is 0 Å². The highest BCUT2D eigenvalue weighted by atomic mass is 16.5. The third-order valence-electron chi connectivity index (χ3n) is 3.34. The highest BCUT2D eigenvalue weighted by Gasteiger charge is 2.02. The maximum Gasteiger partial charge on any atom is 0.319 e. The van der Waals surface area contributed by atoms with Gasteiger partial charge >= 0.3 is 12.0 Å². The molecule has 6 heteroatoms. The second-order valence-corrected chi connectivity index (χ2v) is 5.16. The van der Waals surface area contributed by atoms with E-state index in [0.717, 1.165) is 32.1 Å². The van der Waals surface area contributed by atoms with Gasteiger partial charge < -0.3 is 15.4 Å². The summed E-state index contributed by atoms with van der Waals surface area (Å²) in [6.07, 6.45) is 5.26. The van der Waals surface area contributed by atoms with Crippen LogP contribution in [0, 0.1) is 11.3 Å². The van der Waals surface area contributed by atoms with Gasteiger partial charge in [0.2, 0.25) is 0 Å². The third kappa shape index (κ3) is 8.47. The number of urea groups is 1. The normalized spacial score (nSPS) is 9.74. The molecule has 0 saturated carbocycles. The van der Waals surface area contributed by atoms with Gasteiger partial charge in [0.05, 0.1) is 18.7 Å². The molecule has 1 aromatic rings. The minimum atomic E-state index is -0.250. The fourth-order valence-corrected chi connectivity index (χ4v) is 2.03. The zero-order chi connectivity index (χ0) is 16.9. The molecule has 0 unspecified atom stereocenters. The zero-order valence-corrected chi connectivity index (χ0v) is 13.4. The van der Waals surface area contributed by atoms with Crippen molar-refractivity contribution in [2.75, 3.05) is 19.0 Å². The highest BCUT2D eigenvalue weighted by molar-refractivity contribution is 5.89. The highest BCUT2D eigenvalue weighted by Crippen LogP contribution is 2.08. The minimum absolute atomic E-state index is 0.161. The zero-order valence-electron chi connectivity index (χ0n) is 13.4. The third-order valence-corrected chi connectivity index (χ3v) is 3.34. The lowest BCUT2D eigenvalue weighted by Crippen LogP contribution is -2.29. The summed E-state index contributed by atoms with van der Waals surface area (Å²) < 4.78 is 4.57. The first-order valence-electron chi connectivity index (χ1n) is 7.77. The smallest absolute Gasteiger partial charge is 0.319 e. The fraction of sp³-hybridized carbons (Fsp3) is 0.471. The van der Waals surface area contributed by atoms with Crippen molar-refractivity contribution >= 4 is 17.7 Å². The molecule has 0 fully saturated rings. The van der Waals surface area contributed by atoms with Crippen molar-refractivity contribution < 1.29 is 14.3 Å². The lowest BCUT2D eigenvalue weighted by atomic mass is 10.1. The van der Waals surface area contributed by atoms with E-state index in [1.165, 1.54) is 7.11 Å². The van der Waals surface area contributed by atoms with Gasteiger partial charge in [-0.05, 0) is 37.1 Å². The number of nitrogens with zero attached hydrogens (tertiary/aromatic N) is 1. The second-order valence-electron chi connectivity index (χ2n) is 5.16. The van der Waals surface area contributed by atoms with Gasteiger partial charge in [0, 0.05) is 18.7 Å². The SMILES string of the molecule is COC(=O)CCCCCCCNC(=O)Nc1ccc(C#N)cc1. The monoisotopic (exact) mass is 317 g/mol. The summed E-state index contributed by atoms with van der Waals surface area (Å²) in [6, 6.07) is 8.48. The molecule has 0 aliphatic carbocycles. The van der Waals surface area contributed by atoms with E-state index in [2.05, 4.69) is 15.4 Å². The van der Waals surface area contributed by atoms with Crippen LogP contribution in [0.1, 0.15) is 44.1 Å². The number of nitrogens with one attached hydrogen (secondary N) is 2. The van der Waals surface area contributed by atoms with Gasteiger partial charge in [-0.15, -0.1) is 0 Å². The number of anilines is 1. The lowest BCUT2D eigenvalue weighted by Gasteiger charge is -2.07. The Kier molecular flexibility index (Phi) is 8.91. The van der Waals surface area contributed by atoms with Crippen LogP contribution in [-0.4, -0.2) is 25.7 Å². The van der Waals surface area contributed by atoms with Crippen molar-refractivity contribution in [2.45, 2.75) is 38.5 Å². The average molecular weight is 317 g/mol. The van der Waals surface area contributed by atoms with Crippen LogP contribution in [0.4, 0.5) is 10.5 Å². The Morgan fingerprint density at radius 2 is 1.74 bits per heavy atom. The molecule has 0 saturated heterocycles. The number of methoxy groups -OCH3 is 1. The summed E-state index contributed by atoms with van der Waals surface area (Å²) >= 11 is 0. The molecule has 0 heterocycles. The van der Waals surface area contributed by atoms with Crippen LogP contribution >= 0.6 is 0 Å². The quantitative estimate of drug-likeness (QED) is 0.540. The van der Waals surface area contributed by atoms with Crippen LogP contribution in [0.3, 0.4) is 0 Å². The molecule has 6 nitrogen and oxygen atoms in total. The van der Waals surface area contributed by atoms with Crippen LogP contribution in [0.25, 0.3) is 0 Å². The Balaban J connectivity index is 2.03. The number of ether oxygens (including phenoxy) is 1. The number of nitriles is 1. The predicted molar refractivity (Wildman–Crippen MR) is 87.9 cm³/mol. The van der Waals surface area contributed by atoms with E-state index in [1.54, 1.807) is 24.3 Å². The molecule has 0 atom stereocenters. The van der Waals surface area contributed by atoms with Gasteiger partial charge in [0.25, 0.3) is 0 Å². The molecular weight excluding hydrogens is 294 g/mol. The van der Waals surface area contributed by atoms with Crippen LogP contribution in [0.2, 0.25) is 0 Å². The molecule has 0 aliphatic heterocycles. The minimum Gasteiger partial charge on any atom is -0.469 e. The van der Waals surface area contributed by atoms with E-state index in [-0.39, 0.29) is 12.0 Å². The Morgan fingerprint density at radius 3 is 2.39 bits per heavy atom. The predicted octanol–water partition coefficient (Wildman–Crippen LogP) is 3.19. The number of hydrogen-bond donors (Lipinski definition) is 2. The Labute approximate surface area is 136 Å². The van der Waals surface area contributed by atoms with Crippen molar-refractivity contribution in [3.05, 3.63) is 29.8 Å².